The topological polar surface area (TPSA) is 66.9 Å². The summed E-state index contributed by atoms with van der Waals surface area (Å²) in [6.07, 6.45) is 0. The van der Waals surface area contributed by atoms with Gasteiger partial charge in [0, 0.05) is 10.6 Å². The van der Waals surface area contributed by atoms with E-state index in [0.29, 0.717) is 16.1 Å². The second kappa shape index (κ2) is 5.85. The number of hydrogen-bond donors (Lipinski definition) is 1. The molecule has 0 radical (unpaired) electrons. The molecular formula is C15H13FN2OS. The van der Waals surface area contributed by atoms with E-state index in [1.807, 2.05) is 6.07 Å². The molecule has 0 aliphatic rings. The molecule has 0 aliphatic carbocycles. The van der Waals surface area contributed by atoms with Crippen LogP contribution >= 0.6 is 0 Å². The number of nitrogens with two attached hydrogens (primary N) is 1. The summed E-state index contributed by atoms with van der Waals surface area (Å²) in [4.78, 5) is 0.632. The fourth-order valence-corrected chi connectivity index (χ4v) is 3.22. The van der Waals surface area contributed by atoms with E-state index in [4.69, 9.17) is 11.0 Å². The maximum Gasteiger partial charge on any atom is 0.124 e. The van der Waals surface area contributed by atoms with Gasteiger partial charge < -0.3 is 5.73 Å². The van der Waals surface area contributed by atoms with E-state index < -0.39 is 16.6 Å². The first-order valence-corrected chi connectivity index (χ1v) is 7.26. The van der Waals surface area contributed by atoms with Gasteiger partial charge in [-0.05, 0) is 48.4 Å². The van der Waals surface area contributed by atoms with Crippen molar-refractivity contribution in [2.24, 2.45) is 0 Å². The Bertz CT molecular complexity index is 722. The summed E-state index contributed by atoms with van der Waals surface area (Å²) < 4.78 is 25.7. The van der Waals surface area contributed by atoms with Crippen LogP contribution < -0.4 is 5.73 Å². The van der Waals surface area contributed by atoms with Crippen molar-refractivity contribution in [1.82, 2.24) is 0 Å². The largest absolute Gasteiger partial charge is 0.398 e. The van der Waals surface area contributed by atoms with E-state index in [0.717, 1.165) is 11.6 Å². The van der Waals surface area contributed by atoms with Gasteiger partial charge in [0.15, 0.2) is 0 Å². The van der Waals surface area contributed by atoms with Crippen molar-refractivity contribution in [3.8, 4) is 6.07 Å². The highest BCUT2D eigenvalue weighted by atomic mass is 32.2. The Morgan fingerprint density at radius 1 is 1.35 bits per heavy atom. The van der Waals surface area contributed by atoms with Crippen molar-refractivity contribution < 1.29 is 8.60 Å². The number of anilines is 1. The summed E-state index contributed by atoms with van der Waals surface area (Å²) in [7, 11) is -1.33. The number of hydrogen-bond acceptors (Lipinski definition) is 3. The smallest absolute Gasteiger partial charge is 0.124 e. The predicted octanol–water partition coefficient (Wildman–Crippen LogP) is 2.90. The Hall–Kier alpha value is -2.19. The minimum Gasteiger partial charge on any atom is -0.398 e. The van der Waals surface area contributed by atoms with Gasteiger partial charge in [0.2, 0.25) is 0 Å². The Labute approximate surface area is 119 Å². The molecule has 0 aliphatic heterocycles. The molecule has 0 aromatic heterocycles. The minimum atomic E-state index is -1.33. The Balaban J connectivity index is 2.31. The predicted molar refractivity (Wildman–Crippen MR) is 76.8 cm³/mol. The zero-order chi connectivity index (χ0) is 14.7. The molecule has 0 saturated heterocycles. The Morgan fingerprint density at radius 3 is 2.80 bits per heavy atom. The molecule has 0 fully saturated rings. The highest BCUT2D eigenvalue weighted by Gasteiger charge is 2.11. The highest BCUT2D eigenvalue weighted by molar-refractivity contribution is 7.84. The number of benzene rings is 2. The summed E-state index contributed by atoms with van der Waals surface area (Å²) in [6.45, 7) is 1.80. The summed E-state index contributed by atoms with van der Waals surface area (Å²) >= 11 is 0. The molecule has 2 rings (SSSR count). The summed E-state index contributed by atoms with van der Waals surface area (Å²) in [6, 6.07) is 11.1. The summed E-state index contributed by atoms with van der Waals surface area (Å²) in [5.74, 6) is -0.350. The lowest BCUT2D eigenvalue weighted by molar-refractivity contribution is 0.625. The molecule has 0 bridgehead atoms. The van der Waals surface area contributed by atoms with Crippen molar-refractivity contribution in [2.45, 2.75) is 17.6 Å². The average molecular weight is 288 g/mol. The first-order chi connectivity index (χ1) is 9.51. The van der Waals surface area contributed by atoms with Gasteiger partial charge in [-0.15, -0.1) is 0 Å². The molecule has 5 heteroatoms. The molecule has 2 N–H and O–H groups in total. The molecule has 1 unspecified atom stereocenters. The van der Waals surface area contributed by atoms with Gasteiger partial charge in [0.25, 0.3) is 0 Å². The molecule has 2 aromatic carbocycles. The van der Waals surface area contributed by atoms with Crippen molar-refractivity contribution in [3.63, 3.8) is 0 Å². The third kappa shape index (κ3) is 3.03. The normalized spacial score (nSPS) is 11.8. The number of nitrogen functional groups attached to an aromatic ring is 1. The van der Waals surface area contributed by atoms with Crippen LogP contribution in [0.15, 0.2) is 41.3 Å². The molecule has 20 heavy (non-hydrogen) atoms. The molecule has 0 heterocycles. The maximum absolute atomic E-state index is 13.3. The first kappa shape index (κ1) is 14.2. The van der Waals surface area contributed by atoms with E-state index >= 15 is 0 Å². The lowest BCUT2D eigenvalue weighted by Gasteiger charge is -2.08. The van der Waals surface area contributed by atoms with Gasteiger partial charge in [-0.1, -0.05) is 6.07 Å². The van der Waals surface area contributed by atoms with E-state index in [9.17, 15) is 8.60 Å². The Kier molecular flexibility index (Phi) is 4.16. The average Bonchev–Trinajstić information content (AvgIpc) is 2.41. The van der Waals surface area contributed by atoms with Gasteiger partial charge in [-0.2, -0.15) is 5.26 Å². The summed E-state index contributed by atoms with van der Waals surface area (Å²) in [5, 5.41) is 8.81. The van der Waals surface area contributed by atoms with E-state index in [2.05, 4.69) is 0 Å². The third-order valence-corrected chi connectivity index (χ3v) is 4.48. The lowest BCUT2D eigenvalue weighted by atomic mass is 10.1. The van der Waals surface area contributed by atoms with Crippen LogP contribution in [0.5, 0.6) is 0 Å². The molecule has 2 aromatic rings. The van der Waals surface area contributed by atoms with Gasteiger partial charge in [0.05, 0.1) is 28.2 Å². The Morgan fingerprint density at radius 2 is 2.10 bits per heavy atom. The monoisotopic (exact) mass is 288 g/mol. The zero-order valence-corrected chi connectivity index (χ0v) is 11.7. The van der Waals surface area contributed by atoms with Crippen LogP contribution in [0.3, 0.4) is 0 Å². The molecule has 102 valence electrons. The van der Waals surface area contributed by atoms with Crippen LogP contribution in [-0.4, -0.2) is 4.21 Å². The number of nitrogens with zero attached hydrogens (tertiary/aromatic N) is 1. The fraction of sp³-hybridized carbons (Fsp3) is 0.133. The third-order valence-electron chi connectivity index (χ3n) is 2.96. The lowest BCUT2D eigenvalue weighted by Crippen LogP contribution is -2.02. The molecule has 0 amide bonds. The SMILES string of the molecule is Cc1c(N)cccc1S(=O)Cc1cc(F)cc(C#N)c1. The maximum atomic E-state index is 13.3. The first-order valence-electron chi connectivity index (χ1n) is 5.94. The van der Waals surface area contributed by atoms with E-state index in [1.54, 1.807) is 31.2 Å². The van der Waals surface area contributed by atoms with Crippen LogP contribution in [0.2, 0.25) is 0 Å². The number of nitriles is 1. The van der Waals surface area contributed by atoms with Crippen LogP contribution in [0.4, 0.5) is 10.1 Å². The quantitative estimate of drug-likeness (QED) is 0.883. The van der Waals surface area contributed by atoms with Crippen molar-refractivity contribution in [1.29, 1.82) is 5.26 Å². The van der Waals surface area contributed by atoms with Crippen LogP contribution in [-0.2, 0) is 16.6 Å². The van der Waals surface area contributed by atoms with Crippen molar-refractivity contribution in [2.75, 3.05) is 5.73 Å². The van der Waals surface area contributed by atoms with Crippen molar-refractivity contribution in [3.05, 3.63) is 58.9 Å². The number of rotatable bonds is 3. The molecule has 0 spiro atoms. The van der Waals surface area contributed by atoms with Gasteiger partial charge in [0.1, 0.15) is 5.82 Å². The van der Waals surface area contributed by atoms with E-state index in [1.165, 1.54) is 6.07 Å². The van der Waals surface area contributed by atoms with Crippen molar-refractivity contribution >= 4 is 16.5 Å². The number of halogens is 1. The van der Waals surface area contributed by atoms with Crippen LogP contribution in [0, 0.1) is 24.1 Å². The van der Waals surface area contributed by atoms with Gasteiger partial charge in [-0.3, -0.25) is 4.21 Å². The van der Waals surface area contributed by atoms with Gasteiger partial charge in [-0.25, -0.2) is 4.39 Å². The van der Waals surface area contributed by atoms with E-state index in [-0.39, 0.29) is 11.3 Å². The highest BCUT2D eigenvalue weighted by Crippen LogP contribution is 2.22. The second-order valence-corrected chi connectivity index (χ2v) is 5.84. The molecule has 3 nitrogen and oxygen atoms in total. The molecular weight excluding hydrogens is 275 g/mol. The minimum absolute atomic E-state index is 0.150. The van der Waals surface area contributed by atoms with Gasteiger partial charge >= 0.3 is 0 Å². The molecule has 1 atom stereocenters. The second-order valence-electron chi connectivity index (χ2n) is 4.42. The van der Waals surface area contributed by atoms with Crippen LogP contribution in [0.25, 0.3) is 0 Å². The fourth-order valence-electron chi connectivity index (χ4n) is 1.91. The molecule has 0 saturated carbocycles. The van der Waals surface area contributed by atoms with Crippen LogP contribution in [0.1, 0.15) is 16.7 Å². The standard InChI is InChI=1S/C15H13FN2OS/c1-10-14(18)3-2-4-15(10)20(19)9-12-5-11(8-17)6-13(16)7-12/h2-7H,9,18H2,1H3. The summed E-state index contributed by atoms with van der Waals surface area (Å²) in [5.41, 5.74) is 7.88. The zero-order valence-electron chi connectivity index (χ0n) is 10.9.